The molecule has 1 saturated heterocycles. The van der Waals surface area contributed by atoms with Crippen LogP contribution in [0, 0.1) is 5.92 Å². The molecule has 0 N–H and O–H groups in total. The molecule has 1 aromatic heterocycles. The maximum atomic E-state index is 12.5. The fourth-order valence-electron chi connectivity index (χ4n) is 3.15. The van der Waals surface area contributed by atoms with Crippen LogP contribution in [0.2, 0.25) is 0 Å². The van der Waals surface area contributed by atoms with Crippen LogP contribution < -0.4 is 15.0 Å². The molecule has 6 heteroatoms. The number of hydrogen-bond donors (Lipinski definition) is 0. The van der Waals surface area contributed by atoms with Crippen LogP contribution in [0.5, 0.6) is 11.5 Å². The van der Waals surface area contributed by atoms with Gasteiger partial charge in [-0.3, -0.25) is 9.59 Å². The van der Waals surface area contributed by atoms with E-state index in [1.807, 2.05) is 29.2 Å². The van der Waals surface area contributed by atoms with Gasteiger partial charge in [-0.15, -0.1) is 0 Å². The third-order valence-corrected chi connectivity index (χ3v) is 4.62. The summed E-state index contributed by atoms with van der Waals surface area (Å²) in [4.78, 5) is 26.1. The molecule has 6 nitrogen and oxygen atoms in total. The maximum absolute atomic E-state index is 12.5. The molecule has 0 saturated carbocycles. The molecule has 0 bridgehead atoms. The molecule has 138 valence electrons. The SMILES string of the molecule is COc1ccc(OC[C@@H]2CCCN(C(=O)Cn3ccccc3=O)C2)cc1. The minimum absolute atomic E-state index is 0.0209. The van der Waals surface area contributed by atoms with E-state index in [0.29, 0.717) is 19.1 Å². The summed E-state index contributed by atoms with van der Waals surface area (Å²) in [5.41, 5.74) is -0.155. The Balaban J connectivity index is 1.52. The summed E-state index contributed by atoms with van der Waals surface area (Å²) >= 11 is 0. The van der Waals surface area contributed by atoms with Crippen molar-refractivity contribution >= 4 is 5.91 Å². The zero-order chi connectivity index (χ0) is 18.4. The van der Waals surface area contributed by atoms with Crippen molar-refractivity contribution in [2.75, 3.05) is 26.8 Å². The third-order valence-electron chi connectivity index (χ3n) is 4.62. The number of benzene rings is 1. The molecule has 2 heterocycles. The average molecular weight is 356 g/mol. The average Bonchev–Trinajstić information content (AvgIpc) is 2.69. The number of piperidine rings is 1. The van der Waals surface area contributed by atoms with Crippen molar-refractivity contribution in [1.82, 2.24) is 9.47 Å². The van der Waals surface area contributed by atoms with E-state index in [-0.39, 0.29) is 18.0 Å². The van der Waals surface area contributed by atoms with Crippen molar-refractivity contribution < 1.29 is 14.3 Å². The minimum Gasteiger partial charge on any atom is -0.497 e. The van der Waals surface area contributed by atoms with Crippen molar-refractivity contribution in [3.63, 3.8) is 0 Å². The normalized spacial score (nSPS) is 17.0. The second-order valence-corrected chi connectivity index (χ2v) is 6.50. The van der Waals surface area contributed by atoms with E-state index >= 15 is 0 Å². The van der Waals surface area contributed by atoms with Crippen LogP contribution in [0.15, 0.2) is 53.5 Å². The second kappa shape index (κ2) is 8.56. The third kappa shape index (κ3) is 4.65. The van der Waals surface area contributed by atoms with E-state index in [0.717, 1.165) is 30.9 Å². The van der Waals surface area contributed by atoms with Crippen molar-refractivity contribution in [2.45, 2.75) is 19.4 Å². The zero-order valence-electron chi connectivity index (χ0n) is 15.0. The van der Waals surface area contributed by atoms with Crippen molar-refractivity contribution in [3.8, 4) is 11.5 Å². The number of carbonyl (C=O) groups is 1. The van der Waals surface area contributed by atoms with Crippen LogP contribution >= 0.6 is 0 Å². The lowest BCUT2D eigenvalue weighted by Gasteiger charge is -2.32. The lowest BCUT2D eigenvalue weighted by Crippen LogP contribution is -2.43. The van der Waals surface area contributed by atoms with Crippen LogP contribution in [0.25, 0.3) is 0 Å². The Labute approximate surface area is 153 Å². The first-order chi connectivity index (χ1) is 12.7. The summed E-state index contributed by atoms with van der Waals surface area (Å²) < 4.78 is 12.4. The maximum Gasteiger partial charge on any atom is 0.250 e. The minimum atomic E-state index is -0.155. The van der Waals surface area contributed by atoms with Gasteiger partial charge < -0.3 is 18.9 Å². The summed E-state index contributed by atoms with van der Waals surface area (Å²) in [6.45, 7) is 2.06. The molecular formula is C20H24N2O4. The quantitative estimate of drug-likeness (QED) is 0.796. The number of pyridine rings is 1. The molecular weight excluding hydrogens is 332 g/mol. The molecule has 0 radical (unpaired) electrons. The molecule has 1 aromatic carbocycles. The molecule has 1 atom stereocenters. The van der Waals surface area contributed by atoms with Crippen molar-refractivity contribution in [2.24, 2.45) is 5.92 Å². The van der Waals surface area contributed by atoms with Crippen molar-refractivity contribution in [1.29, 1.82) is 0 Å². The highest BCUT2D eigenvalue weighted by molar-refractivity contribution is 5.76. The molecule has 1 amide bonds. The van der Waals surface area contributed by atoms with Crippen LogP contribution in [0.3, 0.4) is 0 Å². The Morgan fingerprint density at radius 1 is 1.15 bits per heavy atom. The Kier molecular flexibility index (Phi) is 5.94. The van der Waals surface area contributed by atoms with E-state index in [2.05, 4.69) is 0 Å². The molecule has 3 rings (SSSR count). The van der Waals surface area contributed by atoms with Gasteiger partial charge in [0.2, 0.25) is 5.91 Å². The van der Waals surface area contributed by atoms with Gasteiger partial charge >= 0.3 is 0 Å². The number of likely N-dealkylation sites (tertiary alicyclic amines) is 1. The monoisotopic (exact) mass is 356 g/mol. The zero-order valence-corrected chi connectivity index (χ0v) is 15.0. The van der Waals surface area contributed by atoms with Crippen LogP contribution in [0.1, 0.15) is 12.8 Å². The lowest BCUT2D eigenvalue weighted by molar-refractivity contribution is -0.133. The number of amides is 1. The molecule has 2 aromatic rings. The van der Waals surface area contributed by atoms with Gasteiger partial charge in [-0.25, -0.2) is 0 Å². The van der Waals surface area contributed by atoms with Gasteiger partial charge in [0.1, 0.15) is 18.0 Å². The summed E-state index contributed by atoms with van der Waals surface area (Å²) in [6, 6.07) is 12.4. The van der Waals surface area contributed by atoms with E-state index in [4.69, 9.17) is 9.47 Å². The topological polar surface area (TPSA) is 60.8 Å². The molecule has 1 aliphatic heterocycles. The predicted octanol–water partition coefficient (Wildman–Crippen LogP) is 2.17. The molecule has 1 fully saturated rings. The van der Waals surface area contributed by atoms with E-state index in [1.165, 1.54) is 10.6 Å². The molecule has 26 heavy (non-hydrogen) atoms. The summed E-state index contributed by atoms with van der Waals surface area (Å²) in [5, 5.41) is 0. The lowest BCUT2D eigenvalue weighted by atomic mass is 9.99. The largest absolute Gasteiger partial charge is 0.497 e. The van der Waals surface area contributed by atoms with Gasteiger partial charge in [0.05, 0.1) is 13.7 Å². The molecule has 0 unspecified atom stereocenters. The molecule has 0 spiro atoms. The number of rotatable bonds is 6. The Bertz CT molecular complexity index is 785. The number of ether oxygens (including phenoxy) is 2. The number of aromatic nitrogens is 1. The first-order valence-corrected chi connectivity index (χ1v) is 8.86. The Hall–Kier alpha value is -2.76. The number of hydrogen-bond acceptors (Lipinski definition) is 4. The van der Waals surface area contributed by atoms with Gasteiger partial charge in [-0.1, -0.05) is 6.07 Å². The summed E-state index contributed by atoms with van der Waals surface area (Å²) in [5.74, 6) is 1.86. The fourth-order valence-corrected chi connectivity index (χ4v) is 3.15. The van der Waals surface area contributed by atoms with Crippen LogP contribution in [-0.4, -0.2) is 42.2 Å². The smallest absolute Gasteiger partial charge is 0.250 e. The Morgan fingerprint density at radius 3 is 2.65 bits per heavy atom. The highest BCUT2D eigenvalue weighted by Gasteiger charge is 2.24. The second-order valence-electron chi connectivity index (χ2n) is 6.50. The number of nitrogens with zero attached hydrogens (tertiary/aromatic N) is 2. The number of carbonyl (C=O) groups excluding carboxylic acids is 1. The van der Waals surface area contributed by atoms with Crippen LogP contribution in [0.4, 0.5) is 0 Å². The standard InChI is InChI=1S/C20H24N2O4/c1-25-17-7-9-18(10-8-17)26-15-16-5-4-12-21(13-16)20(24)14-22-11-3-2-6-19(22)23/h2-3,6-11,16H,4-5,12-15H2,1H3/t16-/m1/s1. The van der Waals surface area contributed by atoms with Gasteiger partial charge in [-0.05, 0) is 43.2 Å². The highest BCUT2D eigenvalue weighted by Crippen LogP contribution is 2.21. The first-order valence-electron chi connectivity index (χ1n) is 8.86. The predicted molar refractivity (Wildman–Crippen MR) is 98.5 cm³/mol. The van der Waals surface area contributed by atoms with Gasteiger partial charge in [0.25, 0.3) is 5.56 Å². The summed E-state index contributed by atoms with van der Waals surface area (Å²) in [6.07, 6.45) is 3.63. The molecule has 0 aliphatic carbocycles. The Morgan fingerprint density at radius 2 is 1.92 bits per heavy atom. The van der Waals surface area contributed by atoms with Gasteiger partial charge in [0, 0.05) is 31.3 Å². The molecule has 1 aliphatic rings. The highest BCUT2D eigenvalue weighted by atomic mass is 16.5. The van der Waals surface area contributed by atoms with Gasteiger partial charge in [0.15, 0.2) is 0 Å². The summed E-state index contributed by atoms with van der Waals surface area (Å²) in [7, 11) is 1.63. The number of methoxy groups -OCH3 is 1. The van der Waals surface area contributed by atoms with Crippen LogP contribution in [-0.2, 0) is 11.3 Å². The van der Waals surface area contributed by atoms with Crippen molar-refractivity contribution in [3.05, 3.63) is 59.0 Å². The fraction of sp³-hybridized carbons (Fsp3) is 0.400. The van der Waals surface area contributed by atoms with E-state index in [9.17, 15) is 9.59 Å². The first kappa shape index (κ1) is 18.0. The van der Waals surface area contributed by atoms with E-state index in [1.54, 1.807) is 25.4 Å². The van der Waals surface area contributed by atoms with Gasteiger partial charge in [-0.2, -0.15) is 0 Å². The van der Waals surface area contributed by atoms with E-state index < -0.39 is 0 Å².